The standard InChI is InChI=1S/C32H43N3O6/c1-6-35(23-9-13-34(14-10-23)30(39)41-31(3,4)5)27-19-22(17-24(20(27)2)28(36)37)21-7-8-25-26(18-21)33-29(38)32(25)11-15-40-16-12-32/h17-19,23H,6-16H2,1-5H3,(H,33,38)(H,36,37). The Kier molecular flexibility index (Phi) is 7.94. The van der Waals surface area contributed by atoms with Crippen LogP contribution in [0, 0.1) is 12.3 Å². The highest BCUT2D eigenvalue weighted by Crippen LogP contribution is 2.49. The zero-order valence-corrected chi connectivity index (χ0v) is 25.0. The van der Waals surface area contributed by atoms with E-state index in [1.165, 1.54) is 5.57 Å². The molecule has 0 atom stereocenters. The monoisotopic (exact) mass is 565 g/mol. The molecule has 3 heterocycles. The van der Waals surface area contributed by atoms with Gasteiger partial charge in [-0.25, -0.2) is 9.59 Å². The first kappa shape index (κ1) is 29.2. The van der Waals surface area contributed by atoms with Crippen LogP contribution in [0.5, 0.6) is 0 Å². The van der Waals surface area contributed by atoms with E-state index in [4.69, 9.17) is 9.47 Å². The highest BCUT2D eigenvalue weighted by atomic mass is 16.6. The van der Waals surface area contributed by atoms with Crippen LogP contribution in [-0.2, 0) is 14.3 Å². The van der Waals surface area contributed by atoms with Gasteiger partial charge in [-0.3, -0.25) is 4.79 Å². The first-order valence-corrected chi connectivity index (χ1v) is 14.9. The predicted octanol–water partition coefficient (Wildman–Crippen LogP) is 5.28. The fraction of sp³-hybridized carbons (Fsp3) is 0.594. The van der Waals surface area contributed by atoms with Gasteiger partial charge in [0, 0.05) is 50.3 Å². The van der Waals surface area contributed by atoms with Gasteiger partial charge < -0.3 is 29.7 Å². The summed E-state index contributed by atoms with van der Waals surface area (Å²) in [4.78, 5) is 42.1. The van der Waals surface area contributed by atoms with Gasteiger partial charge in [-0.1, -0.05) is 0 Å². The molecule has 0 bridgehead atoms. The number of hydrogen-bond acceptors (Lipinski definition) is 6. The molecule has 41 heavy (non-hydrogen) atoms. The lowest BCUT2D eigenvalue weighted by Crippen LogP contribution is -2.48. The second kappa shape index (κ2) is 11.2. The fourth-order valence-electron chi connectivity index (χ4n) is 6.91. The average molecular weight is 566 g/mol. The molecule has 9 heteroatoms. The minimum Gasteiger partial charge on any atom is -0.478 e. The van der Waals surface area contributed by atoms with Crippen molar-refractivity contribution >= 4 is 29.2 Å². The lowest BCUT2D eigenvalue weighted by atomic mass is 9.71. The maximum Gasteiger partial charge on any atom is 0.410 e. The number of likely N-dealkylation sites (tertiary alicyclic amines) is 1. The Hall–Kier alpha value is -3.33. The number of carbonyl (C=O) groups excluding carboxylic acids is 2. The minimum atomic E-state index is -0.951. The molecule has 0 unspecified atom stereocenters. The van der Waals surface area contributed by atoms with Crippen LogP contribution in [0.15, 0.2) is 29.5 Å². The van der Waals surface area contributed by atoms with Crippen LogP contribution in [0.3, 0.4) is 0 Å². The molecule has 4 aliphatic rings. The summed E-state index contributed by atoms with van der Waals surface area (Å²) < 4.78 is 11.1. The molecule has 3 aliphatic heterocycles. The van der Waals surface area contributed by atoms with Gasteiger partial charge in [0.2, 0.25) is 5.91 Å². The van der Waals surface area contributed by atoms with Crippen molar-refractivity contribution in [2.24, 2.45) is 5.41 Å². The molecule has 0 radical (unpaired) electrons. The number of piperidine rings is 1. The molecule has 2 saturated heterocycles. The number of benzene rings is 1. The summed E-state index contributed by atoms with van der Waals surface area (Å²) in [5.74, 6) is -0.887. The molecule has 9 nitrogen and oxygen atoms in total. The number of hydrogen-bond donors (Lipinski definition) is 2. The number of carboxylic acid groups (broad SMARTS) is 1. The van der Waals surface area contributed by atoms with Gasteiger partial charge in [-0.2, -0.15) is 0 Å². The Morgan fingerprint density at radius 1 is 1.17 bits per heavy atom. The van der Waals surface area contributed by atoms with Crippen LogP contribution < -0.4 is 10.2 Å². The van der Waals surface area contributed by atoms with E-state index in [0.29, 0.717) is 44.7 Å². The van der Waals surface area contributed by atoms with Crippen LogP contribution in [0.4, 0.5) is 10.5 Å². The maximum atomic E-state index is 13.1. The molecule has 2 amide bonds. The van der Waals surface area contributed by atoms with Crippen molar-refractivity contribution in [3.05, 3.63) is 46.2 Å². The van der Waals surface area contributed by atoms with Crippen molar-refractivity contribution < 1.29 is 29.0 Å². The minimum absolute atomic E-state index is 0.0639. The third-order valence-electron chi connectivity index (χ3n) is 9.08. The fourth-order valence-corrected chi connectivity index (χ4v) is 6.91. The number of rotatable bonds is 5. The summed E-state index contributed by atoms with van der Waals surface area (Å²) in [5, 5.41) is 13.3. The molecule has 5 rings (SSSR count). The normalized spacial score (nSPS) is 21.0. The summed E-state index contributed by atoms with van der Waals surface area (Å²) in [5.41, 5.74) is 4.90. The van der Waals surface area contributed by atoms with E-state index in [2.05, 4.69) is 29.3 Å². The zero-order valence-electron chi connectivity index (χ0n) is 25.0. The molecular formula is C32H43N3O6. The number of aromatic carboxylic acids is 1. The molecular weight excluding hydrogens is 522 g/mol. The molecule has 2 fully saturated rings. The first-order valence-electron chi connectivity index (χ1n) is 14.9. The predicted molar refractivity (Wildman–Crippen MR) is 157 cm³/mol. The quantitative estimate of drug-likeness (QED) is 0.500. The van der Waals surface area contributed by atoms with Gasteiger partial charge >= 0.3 is 12.1 Å². The number of ether oxygens (including phenoxy) is 2. The van der Waals surface area contributed by atoms with Gasteiger partial charge in [0.25, 0.3) is 0 Å². The van der Waals surface area contributed by atoms with E-state index in [9.17, 15) is 19.5 Å². The number of nitrogens with one attached hydrogen (secondary N) is 1. The van der Waals surface area contributed by atoms with Crippen molar-refractivity contribution in [2.45, 2.75) is 84.8 Å². The van der Waals surface area contributed by atoms with Gasteiger partial charge in [-0.15, -0.1) is 0 Å². The summed E-state index contributed by atoms with van der Waals surface area (Å²) in [7, 11) is 0. The zero-order chi connectivity index (χ0) is 29.5. The number of anilines is 1. The van der Waals surface area contributed by atoms with Gasteiger partial charge in [-0.05, 0) is 114 Å². The largest absolute Gasteiger partial charge is 0.478 e. The molecule has 0 aromatic heterocycles. The Morgan fingerprint density at radius 2 is 1.85 bits per heavy atom. The van der Waals surface area contributed by atoms with E-state index < -0.39 is 17.0 Å². The summed E-state index contributed by atoms with van der Waals surface area (Å²) in [6, 6.07) is 4.06. The number of nitrogens with zero attached hydrogens (tertiary/aromatic N) is 2. The van der Waals surface area contributed by atoms with E-state index >= 15 is 0 Å². The van der Waals surface area contributed by atoms with Crippen molar-refractivity contribution in [1.29, 1.82) is 0 Å². The number of carbonyl (C=O) groups is 3. The van der Waals surface area contributed by atoms with Crippen molar-refractivity contribution in [2.75, 3.05) is 37.7 Å². The van der Waals surface area contributed by atoms with Gasteiger partial charge in [0.05, 0.1) is 11.0 Å². The van der Waals surface area contributed by atoms with Crippen LogP contribution in [0.1, 0.15) is 87.7 Å². The van der Waals surface area contributed by atoms with E-state index in [1.807, 2.05) is 27.7 Å². The maximum absolute atomic E-state index is 13.1. The van der Waals surface area contributed by atoms with Crippen LogP contribution in [0.25, 0.3) is 5.57 Å². The Labute approximate surface area is 242 Å². The Morgan fingerprint density at radius 3 is 2.46 bits per heavy atom. The van der Waals surface area contributed by atoms with Crippen LogP contribution >= 0.6 is 0 Å². The number of fused-ring (bicyclic) bond motifs is 1. The lowest BCUT2D eigenvalue weighted by Gasteiger charge is -2.40. The number of allylic oxidation sites excluding steroid dienone is 2. The van der Waals surface area contributed by atoms with Crippen molar-refractivity contribution in [3.8, 4) is 0 Å². The van der Waals surface area contributed by atoms with Crippen LogP contribution in [0.2, 0.25) is 0 Å². The molecule has 222 valence electrons. The van der Waals surface area contributed by atoms with Crippen molar-refractivity contribution in [3.63, 3.8) is 0 Å². The molecule has 1 spiro atoms. The third-order valence-corrected chi connectivity index (χ3v) is 9.08. The van der Waals surface area contributed by atoms with Gasteiger partial charge in [0.15, 0.2) is 0 Å². The number of amides is 2. The lowest BCUT2D eigenvalue weighted by molar-refractivity contribution is -0.131. The van der Waals surface area contributed by atoms with E-state index in [1.54, 1.807) is 11.0 Å². The molecule has 1 aliphatic carbocycles. The van der Waals surface area contributed by atoms with Crippen molar-refractivity contribution in [1.82, 2.24) is 10.2 Å². The summed E-state index contributed by atoms with van der Waals surface area (Å²) in [6.45, 7) is 12.7. The molecule has 0 saturated carbocycles. The van der Waals surface area contributed by atoms with Gasteiger partial charge in [0.1, 0.15) is 5.60 Å². The topological polar surface area (TPSA) is 108 Å². The third kappa shape index (κ3) is 5.61. The highest BCUT2D eigenvalue weighted by Gasteiger charge is 2.49. The Balaban J connectivity index is 1.43. The second-order valence-corrected chi connectivity index (χ2v) is 12.7. The summed E-state index contributed by atoms with van der Waals surface area (Å²) >= 11 is 0. The van der Waals surface area contributed by atoms with E-state index in [-0.39, 0.29) is 18.0 Å². The Bertz CT molecular complexity index is 1290. The molecule has 2 N–H and O–H groups in total. The summed E-state index contributed by atoms with van der Waals surface area (Å²) in [6.07, 6.45) is 6.24. The SMILES string of the molecule is CCN(c1cc(C2=CC3=C(CC2)C2(CCOCC2)C(=O)N3)cc(C(=O)O)c1C)C1CCN(C(=O)OC(C)(C)C)CC1. The average Bonchev–Trinajstić information content (AvgIpc) is 3.19. The smallest absolute Gasteiger partial charge is 0.410 e. The highest BCUT2D eigenvalue weighted by molar-refractivity contribution is 5.95. The first-order chi connectivity index (χ1) is 19.4. The van der Waals surface area contributed by atoms with Crippen LogP contribution in [-0.4, -0.2) is 72.5 Å². The van der Waals surface area contributed by atoms with E-state index in [0.717, 1.165) is 60.3 Å². The second-order valence-electron chi connectivity index (χ2n) is 12.7. The number of carboxylic acids is 1. The molecule has 1 aromatic carbocycles. The molecule has 1 aromatic rings.